The maximum absolute atomic E-state index is 16.6. The van der Waals surface area contributed by atoms with Crippen molar-refractivity contribution in [3.63, 3.8) is 0 Å². The maximum atomic E-state index is 16.6. The number of amides is 2. The number of aromatic nitrogens is 2. The number of aryl methyl sites for hydroxylation is 3. The van der Waals surface area contributed by atoms with Crippen molar-refractivity contribution in [2.24, 2.45) is 5.73 Å². The molecule has 58 heavy (non-hydrogen) atoms. The molecule has 2 fully saturated rings. The smallest absolute Gasteiger partial charge is 0.253 e. The quantitative estimate of drug-likeness (QED) is 0.134. The number of carbonyl (C=O) groups excluding carboxylic acids is 2. The second kappa shape index (κ2) is 22.2. The SMILES string of the molecule is Cc1ccc(CN)nc1.Cl.[2H]C(CCc1ccc(C)cn1)C1(F)C([2H])([2H])C([2H])([2H])N(C(=O)c2ccc(F)c(Cl)c2)C([2H])([2H])C1([2H])[2H].[2H]C(O)(C#N)C1(F)C([2H])([2H])C([2H])([2H])N(C(=O)c2ccc(F)c(Cl)c2)C([2H])([2H])C1([2H])[2H]. The number of rotatable bonds is 8. The lowest BCUT2D eigenvalue weighted by molar-refractivity contribution is -0.0201. The molecule has 4 aromatic rings. The van der Waals surface area contributed by atoms with Crippen molar-refractivity contribution >= 4 is 47.4 Å². The number of pyridine rings is 2. The van der Waals surface area contributed by atoms with Gasteiger partial charge in [0, 0.05) is 97.8 Å². The summed E-state index contributed by atoms with van der Waals surface area (Å²) in [5.74, 6) is -5.25. The highest BCUT2D eigenvalue weighted by molar-refractivity contribution is 6.31. The Morgan fingerprint density at radius 3 is 1.72 bits per heavy atom. The average molecular weight is 884 g/mol. The fraction of sp³-hybridized carbons (Fsp3) is 0.405. The van der Waals surface area contributed by atoms with E-state index in [0.29, 0.717) is 30.4 Å². The van der Waals surface area contributed by atoms with Gasteiger partial charge >= 0.3 is 0 Å². The number of halogens is 7. The van der Waals surface area contributed by atoms with Gasteiger partial charge in [-0.2, -0.15) is 5.26 Å². The fourth-order valence-electron chi connectivity index (χ4n) is 4.36. The Hall–Kier alpha value is -4.32. The Morgan fingerprint density at radius 1 is 0.879 bits per heavy atom. The van der Waals surface area contributed by atoms with Crippen molar-refractivity contribution in [3.8, 4) is 6.07 Å². The number of carbonyl (C=O) groups is 2. The molecular formula is C42H47Cl3F4N6O3. The van der Waals surface area contributed by atoms with Crippen molar-refractivity contribution in [1.29, 1.82) is 5.26 Å². The van der Waals surface area contributed by atoms with Gasteiger partial charge in [0.1, 0.15) is 17.3 Å². The Morgan fingerprint density at radius 2 is 1.33 bits per heavy atom. The van der Waals surface area contributed by atoms with Gasteiger partial charge in [-0.3, -0.25) is 19.6 Å². The van der Waals surface area contributed by atoms with Crippen LogP contribution in [0.15, 0.2) is 73.1 Å². The number of aliphatic hydroxyl groups is 1. The average Bonchev–Trinajstić information content (AvgIpc) is 3.31. The van der Waals surface area contributed by atoms with E-state index in [9.17, 15) is 23.5 Å². The zero-order valence-corrected chi connectivity index (χ0v) is 32.7. The monoisotopic (exact) mass is 882 g/mol. The topological polar surface area (TPSA) is 136 Å². The Labute approximate surface area is 377 Å². The summed E-state index contributed by atoms with van der Waals surface area (Å²) >= 11 is 11.2. The minimum atomic E-state index is -4.81. The van der Waals surface area contributed by atoms with Crippen molar-refractivity contribution < 1.29 is 56.9 Å². The van der Waals surface area contributed by atoms with Gasteiger partial charge < -0.3 is 20.6 Å². The van der Waals surface area contributed by atoms with Crippen LogP contribution in [-0.2, 0) is 13.0 Å². The van der Waals surface area contributed by atoms with Crippen LogP contribution in [0.25, 0.3) is 0 Å². The van der Waals surface area contributed by atoms with E-state index in [4.69, 9.17) is 58.9 Å². The normalized spacial score (nSPS) is 28.6. The molecule has 2 atom stereocenters. The van der Waals surface area contributed by atoms with Gasteiger partial charge in [-0.1, -0.05) is 35.3 Å². The number of nitrogens with two attached hydrogens (primary N) is 1. The summed E-state index contributed by atoms with van der Waals surface area (Å²) in [5.41, 5.74) is -1.43. The molecule has 0 radical (unpaired) electrons. The molecule has 2 aromatic heterocycles. The highest BCUT2D eigenvalue weighted by Crippen LogP contribution is 2.33. The lowest BCUT2D eigenvalue weighted by Gasteiger charge is -2.37. The molecule has 2 aromatic carbocycles. The number of hydrogen-bond donors (Lipinski definition) is 2. The number of hydrogen-bond acceptors (Lipinski definition) is 7. The molecule has 6 rings (SSSR count). The molecule has 3 N–H and O–H groups in total. The van der Waals surface area contributed by atoms with Gasteiger partial charge in [0.2, 0.25) is 0 Å². The van der Waals surface area contributed by atoms with E-state index in [-0.39, 0.29) is 23.7 Å². The van der Waals surface area contributed by atoms with Gasteiger partial charge in [-0.25, -0.2) is 17.6 Å². The molecule has 16 heteroatoms. The number of likely N-dealkylation sites (tertiary alicyclic amines) is 2. The maximum Gasteiger partial charge on any atom is 0.253 e. The number of piperidine rings is 2. The van der Waals surface area contributed by atoms with Crippen molar-refractivity contribution in [1.82, 2.24) is 19.8 Å². The first-order valence-corrected chi connectivity index (χ1v) is 17.2. The van der Waals surface area contributed by atoms with Crippen molar-refractivity contribution in [3.05, 3.63) is 128 Å². The van der Waals surface area contributed by atoms with E-state index in [0.717, 1.165) is 35.5 Å². The predicted octanol–water partition coefficient (Wildman–Crippen LogP) is 8.73. The van der Waals surface area contributed by atoms with Gasteiger partial charge in [-0.15, -0.1) is 12.4 Å². The number of benzene rings is 2. The van der Waals surface area contributed by atoms with Gasteiger partial charge in [-0.05, 0) is 105 Å². The van der Waals surface area contributed by atoms with E-state index < -0.39 is 131 Å². The van der Waals surface area contributed by atoms with Crippen LogP contribution in [0.2, 0.25) is 10.0 Å². The standard InChI is InChI=1S/C21H23ClF2N2O.C14H13ClF2N2O2.C7H10N2.ClH/c1-15-4-6-17(25-14-15)3-2-8-21(24)9-11-26(12-10-21)20(27)16-5-7-19(23)18(22)13-16;15-10-7-9(1-2-11(10)16)13(21)19-5-3-14(17,4-6-19)12(20)8-18;1-6-2-3-7(4-8)9-5-6;/h4-7,13-14H,2-3,8-12H2,1H3;1-2,7,12,20H,3-6H2;2-3,5H,4,8H2,1H3;1H/i8D,9D2,10D2,11D2,12D2;3D2,4D2,5D2,6D2,12D;;. The van der Waals surface area contributed by atoms with Crippen LogP contribution in [0.4, 0.5) is 17.6 Å². The molecular weight excluding hydrogens is 819 g/mol. The van der Waals surface area contributed by atoms with E-state index in [1.165, 1.54) is 11.8 Å². The molecule has 2 aliphatic rings. The van der Waals surface area contributed by atoms with Gasteiger partial charge in [0.05, 0.1) is 23.2 Å². The predicted molar refractivity (Wildman–Crippen MR) is 218 cm³/mol. The van der Waals surface area contributed by atoms with Crippen LogP contribution in [0, 0.1) is 36.8 Å². The summed E-state index contributed by atoms with van der Waals surface area (Å²) in [4.78, 5) is 33.2. The van der Waals surface area contributed by atoms with Crippen LogP contribution in [0.3, 0.4) is 0 Å². The molecule has 0 saturated carbocycles. The summed E-state index contributed by atoms with van der Waals surface area (Å²) in [6.45, 7) is -11.4. The van der Waals surface area contributed by atoms with Crippen LogP contribution >= 0.6 is 35.6 Å². The highest BCUT2D eigenvalue weighted by Gasteiger charge is 2.42. The van der Waals surface area contributed by atoms with Crippen LogP contribution < -0.4 is 5.73 Å². The second-order valence-corrected chi connectivity index (χ2v) is 12.7. The van der Waals surface area contributed by atoms with E-state index >= 15 is 8.78 Å². The van der Waals surface area contributed by atoms with Gasteiger partial charge in [0.15, 0.2) is 11.7 Å². The Balaban J connectivity index is 0.000000343. The largest absolute Gasteiger partial charge is 0.375 e. The zero-order chi connectivity index (χ0) is 57.9. The van der Waals surface area contributed by atoms with Crippen LogP contribution in [-0.4, -0.2) is 80.1 Å². The number of nitriles is 1. The van der Waals surface area contributed by atoms with E-state index in [2.05, 4.69) is 9.97 Å². The lowest BCUT2D eigenvalue weighted by Crippen LogP contribution is -2.49. The summed E-state index contributed by atoms with van der Waals surface area (Å²) in [6.07, 6.45) is -20.3. The van der Waals surface area contributed by atoms with Crippen molar-refractivity contribution in [2.45, 2.75) is 82.5 Å². The molecule has 2 unspecified atom stereocenters. The van der Waals surface area contributed by atoms with E-state index in [1.54, 1.807) is 19.1 Å². The molecule has 9 nitrogen and oxygen atoms in total. The van der Waals surface area contributed by atoms with Crippen molar-refractivity contribution in [2.75, 3.05) is 26.0 Å². The number of alkyl halides is 2. The van der Waals surface area contributed by atoms with Crippen LogP contribution in [0.1, 0.15) is 106 Å². The molecule has 312 valence electrons. The first-order valence-electron chi connectivity index (χ1n) is 25.6. The fourth-order valence-corrected chi connectivity index (χ4v) is 4.72. The second-order valence-electron chi connectivity index (χ2n) is 11.9. The zero-order valence-electron chi connectivity index (χ0n) is 48.4. The summed E-state index contributed by atoms with van der Waals surface area (Å²) in [5, 5.41) is 17.5. The van der Waals surface area contributed by atoms with E-state index in [1.807, 2.05) is 25.3 Å². The third-order valence-electron chi connectivity index (χ3n) is 7.53. The minimum absolute atomic E-state index is 0. The van der Waals surface area contributed by atoms with Gasteiger partial charge in [0.25, 0.3) is 11.8 Å². The highest BCUT2D eigenvalue weighted by atomic mass is 35.5. The molecule has 2 amide bonds. The third-order valence-corrected chi connectivity index (χ3v) is 8.11. The minimum Gasteiger partial charge on any atom is -0.375 e. The summed E-state index contributed by atoms with van der Waals surface area (Å²) in [7, 11) is 0. The molecule has 2 saturated heterocycles. The third kappa shape index (κ3) is 13.6. The summed E-state index contributed by atoms with van der Waals surface area (Å²) < 4.78 is 205. The summed E-state index contributed by atoms with van der Waals surface area (Å²) in [6, 6.07) is 12.2. The Kier molecular flexibility index (Phi) is 10.5. The molecule has 0 bridgehead atoms. The first kappa shape index (κ1) is 27.4. The number of nitrogens with zero attached hydrogens (tertiary/aromatic N) is 5. The molecule has 4 heterocycles. The Bertz CT molecular complexity index is 2780. The molecule has 2 aliphatic heterocycles. The lowest BCUT2D eigenvalue weighted by atomic mass is 9.87. The molecule has 0 aliphatic carbocycles. The first-order chi connectivity index (χ1) is 33.9. The molecule has 0 spiro atoms. The van der Waals surface area contributed by atoms with Crippen LogP contribution in [0.5, 0.6) is 0 Å².